The van der Waals surface area contributed by atoms with E-state index in [9.17, 15) is 0 Å². The fraction of sp³-hybridized carbons (Fsp3) is 0.538. The van der Waals surface area contributed by atoms with E-state index in [1.807, 2.05) is 12.1 Å². The second kappa shape index (κ2) is 5.28. The van der Waals surface area contributed by atoms with E-state index in [1.54, 1.807) is 0 Å². The van der Waals surface area contributed by atoms with Gasteiger partial charge in [-0.05, 0) is 52.9 Å². The lowest BCUT2D eigenvalue weighted by Crippen LogP contribution is -2.40. The second-order valence-electron chi connectivity index (χ2n) is 5.86. The minimum Gasteiger partial charge on any atom is -0.412 e. The smallest absolute Gasteiger partial charge is 0.192 e. The maximum atomic E-state index is 6.20. The Labute approximate surface area is 119 Å². The number of anilines is 1. The fourth-order valence-electron chi connectivity index (χ4n) is 1.20. The van der Waals surface area contributed by atoms with E-state index in [4.69, 9.17) is 10.2 Å². The molecule has 0 saturated heterocycles. The largest absolute Gasteiger partial charge is 0.412 e. The lowest BCUT2D eigenvalue weighted by Gasteiger charge is -2.36. The first-order valence-corrected chi connectivity index (χ1v) is 9.81. The highest BCUT2D eigenvalue weighted by atomic mass is 127. The molecule has 0 aliphatic heterocycles. The molecule has 2 nitrogen and oxygen atoms in total. The minimum absolute atomic E-state index is 0.238. The van der Waals surface area contributed by atoms with Gasteiger partial charge in [0, 0.05) is 14.8 Å². The summed E-state index contributed by atoms with van der Waals surface area (Å²) in [6.07, 6.45) is 0. The monoisotopic (exact) mass is 363 g/mol. The van der Waals surface area contributed by atoms with Gasteiger partial charge in [0.1, 0.15) is 0 Å². The lowest BCUT2D eigenvalue weighted by atomic mass is 10.2. The number of benzene rings is 1. The van der Waals surface area contributed by atoms with Crippen LogP contribution in [0.4, 0.5) is 5.69 Å². The van der Waals surface area contributed by atoms with Crippen molar-refractivity contribution in [2.24, 2.45) is 0 Å². The van der Waals surface area contributed by atoms with Crippen LogP contribution in [0.5, 0.6) is 0 Å². The Balaban J connectivity index is 2.81. The van der Waals surface area contributed by atoms with Crippen LogP contribution in [0.2, 0.25) is 18.1 Å². The lowest BCUT2D eigenvalue weighted by molar-refractivity contribution is 0.276. The molecule has 2 N–H and O–H groups in total. The summed E-state index contributed by atoms with van der Waals surface area (Å²) in [5.41, 5.74) is 7.94. The summed E-state index contributed by atoms with van der Waals surface area (Å²) in [6.45, 7) is 11.9. The average Bonchev–Trinajstić information content (AvgIpc) is 2.15. The molecule has 0 aromatic heterocycles. The molecule has 1 rings (SSSR count). The molecule has 1 aromatic carbocycles. The van der Waals surface area contributed by atoms with Crippen LogP contribution in [-0.4, -0.2) is 8.32 Å². The topological polar surface area (TPSA) is 35.2 Å². The zero-order valence-corrected chi connectivity index (χ0v) is 14.5. The van der Waals surface area contributed by atoms with Crippen molar-refractivity contribution in [1.29, 1.82) is 0 Å². The van der Waals surface area contributed by atoms with E-state index in [1.165, 1.54) is 3.57 Å². The van der Waals surface area contributed by atoms with Crippen molar-refractivity contribution in [3.63, 3.8) is 0 Å². The highest BCUT2D eigenvalue weighted by molar-refractivity contribution is 14.1. The van der Waals surface area contributed by atoms with Crippen molar-refractivity contribution in [3.05, 3.63) is 27.3 Å². The zero-order valence-electron chi connectivity index (χ0n) is 11.3. The minimum atomic E-state index is -1.69. The van der Waals surface area contributed by atoms with Gasteiger partial charge in [-0.1, -0.05) is 26.8 Å². The van der Waals surface area contributed by atoms with Crippen molar-refractivity contribution in [1.82, 2.24) is 0 Å². The normalized spacial score (nSPS) is 12.8. The molecule has 0 atom stereocenters. The summed E-state index contributed by atoms with van der Waals surface area (Å²) < 4.78 is 7.38. The number of halogens is 1. The third kappa shape index (κ3) is 3.69. The van der Waals surface area contributed by atoms with Crippen molar-refractivity contribution < 1.29 is 4.43 Å². The number of nitrogens with two attached hydrogens (primary N) is 1. The van der Waals surface area contributed by atoms with Crippen LogP contribution in [0, 0.1) is 3.57 Å². The van der Waals surface area contributed by atoms with Crippen molar-refractivity contribution in [2.75, 3.05) is 5.73 Å². The fourth-order valence-corrected chi connectivity index (χ4v) is 2.81. The van der Waals surface area contributed by atoms with Gasteiger partial charge in [-0.3, -0.25) is 0 Å². The van der Waals surface area contributed by atoms with Gasteiger partial charge in [0.15, 0.2) is 8.32 Å². The van der Waals surface area contributed by atoms with Gasteiger partial charge in [0.25, 0.3) is 0 Å². The molecule has 0 heterocycles. The summed E-state index contributed by atoms with van der Waals surface area (Å²) in [5.74, 6) is 0. The summed E-state index contributed by atoms with van der Waals surface area (Å²) in [6, 6.07) is 5.99. The molecule has 0 saturated carbocycles. The molecule has 0 spiro atoms. The number of hydrogen-bond acceptors (Lipinski definition) is 2. The zero-order chi connectivity index (χ0) is 13.3. The summed E-state index contributed by atoms with van der Waals surface area (Å²) in [5, 5.41) is 0.238. The molecule has 0 amide bonds. The highest BCUT2D eigenvalue weighted by Gasteiger charge is 2.37. The van der Waals surface area contributed by atoms with E-state index in [0.717, 1.165) is 11.3 Å². The first-order valence-electron chi connectivity index (χ1n) is 5.82. The number of rotatable bonds is 3. The molecular weight excluding hydrogens is 341 g/mol. The Morgan fingerprint density at radius 2 is 1.88 bits per heavy atom. The summed E-state index contributed by atoms with van der Waals surface area (Å²) in [7, 11) is -1.69. The molecular formula is C13H22INOSi. The quantitative estimate of drug-likeness (QED) is 0.491. The van der Waals surface area contributed by atoms with Crippen LogP contribution in [0.15, 0.2) is 18.2 Å². The molecule has 96 valence electrons. The van der Waals surface area contributed by atoms with Gasteiger partial charge in [-0.2, -0.15) is 0 Å². The van der Waals surface area contributed by atoms with Crippen LogP contribution in [0.25, 0.3) is 0 Å². The van der Waals surface area contributed by atoms with Crippen LogP contribution in [0.3, 0.4) is 0 Å². The highest BCUT2D eigenvalue weighted by Crippen LogP contribution is 2.37. The van der Waals surface area contributed by atoms with E-state index in [0.29, 0.717) is 6.61 Å². The Morgan fingerprint density at radius 1 is 1.29 bits per heavy atom. The van der Waals surface area contributed by atoms with Crippen LogP contribution in [-0.2, 0) is 11.0 Å². The predicted molar refractivity (Wildman–Crippen MR) is 85.6 cm³/mol. The standard InChI is InChI=1S/C13H22INOSi/c1-13(2,3)17(4,5)16-9-10-11(14)7-6-8-12(10)15/h6-8H,9,15H2,1-5H3. The molecule has 0 aliphatic carbocycles. The molecule has 0 aliphatic rings. The van der Waals surface area contributed by atoms with E-state index < -0.39 is 8.32 Å². The molecule has 0 unspecified atom stereocenters. The SMILES string of the molecule is CC(C)(C)[Si](C)(C)OCc1c(N)cccc1I. The van der Waals surface area contributed by atoms with Crippen LogP contribution < -0.4 is 5.73 Å². The Bertz CT molecular complexity index is 379. The number of hydrogen-bond donors (Lipinski definition) is 1. The van der Waals surface area contributed by atoms with Gasteiger partial charge in [0.2, 0.25) is 0 Å². The Hall–Kier alpha value is -0.0731. The molecule has 1 aromatic rings. The van der Waals surface area contributed by atoms with Crippen LogP contribution >= 0.6 is 22.6 Å². The molecule has 0 fully saturated rings. The van der Waals surface area contributed by atoms with Gasteiger partial charge >= 0.3 is 0 Å². The third-order valence-corrected chi connectivity index (χ3v) is 9.03. The van der Waals surface area contributed by atoms with Gasteiger partial charge in [0.05, 0.1) is 6.61 Å². The first kappa shape index (κ1) is 15.0. The Kier molecular flexibility index (Phi) is 4.65. The van der Waals surface area contributed by atoms with E-state index in [2.05, 4.69) is 62.5 Å². The summed E-state index contributed by atoms with van der Waals surface area (Å²) >= 11 is 2.31. The molecule has 4 heteroatoms. The maximum Gasteiger partial charge on any atom is 0.192 e. The van der Waals surface area contributed by atoms with Crippen molar-refractivity contribution in [2.45, 2.75) is 45.5 Å². The summed E-state index contributed by atoms with van der Waals surface area (Å²) in [4.78, 5) is 0. The average molecular weight is 363 g/mol. The maximum absolute atomic E-state index is 6.20. The van der Waals surface area contributed by atoms with Gasteiger partial charge < -0.3 is 10.2 Å². The Morgan fingerprint density at radius 3 is 2.35 bits per heavy atom. The predicted octanol–water partition coefficient (Wildman–Crippen LogP) is 4.40. The number of nitrogen functional groups attached to an aromatic ring is 1. The van der Waals surface area contributed by atoms with Crippen LogP contribution in [0.1, 0.15) is 26.3 Å². The van der Waals surface area contributed by atoms with E-state index in [-0.39, 0.29) is 5.04 Å². The molecule has 17 heavy (non-hydrogen) atoms. The van der Waals surface area contributed by atoms with Gasteiger partial charge in [-0.25, -0.2) is 0 Å². The second-order valence-corrected chi connectivity index (χ2v) is 11.8. The molecule has 0 bridgehead atoms. The van der Waals surface area contributed by atoms with Crippen molar-refractivity contribution >= 4 is 36.6 Å². The van der Waals surface area contributed by atoms with E-state index >= 15 is 0 Å². The van der Waals surface area contributed by atoms with Crippen molar-refractivity contribution in [3.8, 4) is 0 Å². The first-order chi connectivity index (χ1) is 7.65. The third-order valence-electron chi connectivity index (χ3n) is 3.54. The van der Waals surface area contributed by atoms with Gasteiger partial charge in [-0.15, -0.1) is 0 Å². The molecule has 0 radical (unpaired) electrons.